The zero-order valence-corrected chi connectivity index (χ0v) is 8.99. The van der Waals surface area contributed by atoms with Gasteiger partial charge in [0.05, 0.1) is 5.69 Å². The van der Waals surface area contributed by atoms with Crippen LogP contribution in [0.5, 0.6) is 0 Å². The van der Waals surface area contributed by atoms with E-state index in [2.05, 4.69) is 0 Å². The molecule has 0 heterocycles. The van der Waals surface area contributed by atoms with Crippen molar-refractivity contribution < 1.29 is 12.3 Å². The van der Waals surface area contributed by atoms with E-state index in [0.29, 0.717) is 12.0 Å². The van der Waals surface area contributed by atoms with Gasteiger partial charge in [-0.1, -0.05) is 18.5 Å². The Labute approximate surface area is 86.9 Å². The van der Waals surface area contributed by atoms with Gasteiger partial charge in [0.1, 0.15) is 4.90 Å². The maximum atomic E-state index is 12.6. The molecule has 1 rings (SSSR count). The molecule has 0 saturated carbocycles. The smallest absolute Gasteiger partial charge is 0.334 e. The number of hydrogen-bond acceptors (Lipinski definition) is 3. The largest absolute Gasteiger partial charge is 0.398 e. The molecule has 14 heavy (non-hydrogen) atoms. The van der Waals surface area contributed by atoms with Gasteiger partial charge < -0.3 is 5.73 Å². The Kier molecular flexibility index (Phi) is 3.01. The first kappa shape index (κ1) is 11.3. The van der Waals surface area contributed by atoms with Gasteiger partial charge in [-0.05, 0) is 24.1 Å². The van der Waals surface area contributed by atoms with Gasteiger partial charge in [0.25, 0.3) is 0 Å². The summed E-state index contributed by atoms with van der Waals surface area (Å²) in [5.41, 5.74) is 5.95. The summed E-state index contributed by atoms with van der Waals surface area (Å²) in [6, 6.07) is 2.40. The Balaban J connectivity index is 3.44. The second-order valence-corrected chi connectivity index (χ2v) is 4.50. The van der Waals surface area contributed by atoms with Crippen LogP contribution in [0.4, 0.5) is 9.57 Å². The standard InChI is InChI=1S/C8H9ClFNO2S/c1-2-5-3-7(11)8(4-6(5)9)14(10,12)13/h3-4H,2,11H2,1H3. The highest BCUT2D eigenvalue weighted by Gasteiger charge is 2.17. The summed E-state index contributed by atoms with van der Waals surface area (Å²) in [4.78, 5) is -0.570. The van der Waals surface area contributed by atoms with Crippen LogP contribution in [-0.2, 0) is 16.6 Å². The molecule has 0 saturated heterocycles. The van der Waals surface area contributed by atoms with E-state index in [1.54, 1.807) is 0 Å². The summed E-state index contributed by atoms with van der Waals surface area (Å²) in [5.74, 6) is 0. The normalized spacial score (nSPS) is 11.6. The highest BCUT2D eigenvalue weighted by atomic mass is 35.5. The van der Waals surface area contributed by atoms with Gasteiger partial charge in [-0.3, -0.25) is 0 Å². The number of rotatable bonds is 2. The third-order valence-corrected chi connectivity index (χ3v) is 3.05. The van der Waals surface area contributed by atoms with E-state index in [1.165, 1.54) is 6.07 Å². The van der Waals surface area contributed by atoms with Gasteiger partial charge in [0.2, 0.25) is 0 Å². The first-order valence-corrected chi connectivity index (χ1v) is 5.65. The van der Waals surface area contributed by atoms with Crippen LogP contribution in [-0.4, -0.2) is 8.42 Å². The molecule has 0 aliphatic carbocycles. The van der Waals surface area contributed by atoms with Crippen LogP contribution in [0.15, 0.2) is 17.0 Å². The molecular weight excluding hydrogens is 229 g/mol. The molecule has 0 aromatic heterocycles. The predicted octanol–water partition coefficient (Wildman–Crippen LogP) is 2.14. The molecule has 0 amide bonds. The topological polar surface area (TPSA) is 60.2 Å². The number of nitrogen functional groups attached to an aromatic ring is 1. The molecule has 2 N–H and O–H groups in total. The minimum Gasteiger partial charge on any atom is -0.398 e. The second kappa shape index (κ2) is 3.74. The highest BCUT2D eigenvalue weighted by molar-refractivity contribution is 7.86. The molecule has 0 bridgehead atoms. The fourth-order valence-corrected chi connectivity index (χ4v) is 2.06. The number of nitrogens with two attached hydrogens (primary N) is 1. The van der Waals surface area contributed by atoms with Crippen molar-refractivity contribution in [3.63, 3.8) is 0 Å². The quantitative estimate of drug-likeness (QED) is 0.633. The van der Waals surface area contributed by atoms with Crippen LogP contribution in [0.1, 0.15) is 12.5 Å². The summed E-state index contributed by atoms with van der Waals surface area (Å²) >= 11 is 5.72. The maximum absolute atomic E-state index is 12.6. The summed E-state index contributed by atoms with van der Waals surface area (Å²) in [5, 5.41) is 0.206. The van der Waals surface area contributed by atoms with Crippen molar-refractivity contribution in [2.24, 2.45) is 0 Å². The Bertz CT molecular complexity index is 459. The van der Waals surface area contributed by atoms with Crippen LogP contribution < -0.4 is 5.73 Å². The lowest BCUT2D eigenvalue weighted by molar-refractivity contribution is 0.552. The zero-order valence-electron chi connectivity index (χ0n) is 7.42. The van der Waals surface area contributed by atoms with E-state index < -0.39 is 15.1 Å². The molecule has 0 aliphatic heterocycles. The van der Waals surface area contributed by atoms with Crippen molar-refractivity contribution in [2.45, 2.75) is 18.2 Å². The van der Waals surface area contributed by atoms with Crippen molar-refractivity contribution >= 4 is 27.5 Å². The SMILES string of the molecule is CCc1cc(N)c(S(=O)(=O)F)cc1Cl. The Morgan fingerprint density at radius 1 is 1.50 bits per heavy atom. The molecule has 0 unspecified atom stereocenters. The van der Waals surface area contributed by atoms with E-state index in [0.717, 1.165) is 6.07 Å². The molecule has 78 valence electrons. The average molecular weight is 238 g/mol. The fourth-order valence-electron chi connectivity index (χ4n) is 1.10. The van der Waals surface area contributed by atoms with E-state index in [9.17, 15) is 12.3 Å². The van der Waals surface area contributed by atoms with E-state index in [-0.39, 0.29) is 10.7 Å². The van der Waals surface area contributed by atoms with Gasteiger partial charge in [-0.25, -0.2) is 0 Å². The van der Waals surface area contributed by atoms with Gasteiger partial charge >= 0.3 is 10.2 Å². The first-order chi connectivity index (χ1) is 6.36. The molecule has 3 nitrogen and oxygen atoms in total. The Morgan fingerprint density at radius 2 is 2.07 bits per heavy atom. The van der Waals surface area contributed by atoms with E-state index in [4.69, 9.17) is 17.3 Å². The van der Waals surface area contributed by atoms with Crippen LogP contribution in [0.2, 0.25) is 5.02 Å². The van der Waals surface area contributed by atoms with Crippen LogP contribution >= 0.6 is 11.6 Å². The molecule has 1 aromatic carbocycles. The lowest BCUT2D eigenvalue weighted by Gasteiger charge is -2.05. The van der Waals surface area contributed by atoms with E-state index in [1.807, 2.05) is 6.92 Å². The van der Waals surface area contributed by atoms with Gasteiger partial charge in [-0.2, -0.15) is 8.42 Å². The third-order valence-electron chi connectivity index (χ3n) is 1.82. The van der Waals surface area contributed by atoms with Crippen molar-refractivity contribution in [1.82, 2.24) is 0 Å². The molecule has 0 atom stereocenters. The second-order valence-electron chi connectivity index (χ2n) is 2.77. The van der Waals surface area contributed by atoms with Crippen molar-refractivity contribution in [3.05, 3.63) is 22.7 Å². The van der Waals surface area contributed by atoms with Crippen molar-refractivity contribution in [3.8, 4) is 0 Å². The lowest BCUT2D eigenvalue weighted by atomic mass is 10.1. The van der Waals surface area contributed by atoms with Crippen molar-refractivity contribution in [2.75, 3.05) is 5.73 Å². The molecule has 1 aromatic rings. The summed E-state index contributed by atoms with van der Waals surface area (Å²) in [7, 11) is -4.79. The fraction of sp³-hybridized carbons (Fsp3) is 0.250. The van der Waals surface area contributed by atoms with Crippen LogP contribution in [0.3, 0.4) is 0 Å². The number of halogens is 2. The minimum atomic E-state index is -4.79. The molecule has 0 radical (unpaired) electrons. The summed E-state index contributed by atoms with van der Waals surface area (Å²) < 4.78 is 33.8. The number of anilines is 1. The van der Waals surface area contributed by atoms with Gasteiger partial charge in [-0.15, -0.1) is 3.89 Å². The number of benzene rings is 1. The lowest BCUT2D eigenvalue weighted by Crippen LogP contribution is -2.00. The molecular formula is C8H9ClFNO2S. The Hall–Kier alpha value is -0.810. The summed E-state index contributed by atoms with van der Waals surface area (Å²) in [6.07, 6.45) is 0.607. The molecule has 0 spiro atoms. The first-order valence-electron chi connectivity index (χ1n) is 3.88. The van der Waals surface area contributed by atoms with Gasteiger partial charge in [0, 0.05) is 5.02 Å². The minimum absolute atomic E-state index is 0.117. The number of hydrogen-bond donors (Lipinski definition) is 1. The Morgan fingerprint density at radius 3 is 2.50 bits per heavy atom. The predicted molar refractivity (Wildman–Crippen MR) is 53.5 cm³/mol. The van der Waals surface area contributed by atoms with Crippen LogP contribution in [0.25, 0.3) is 0 Å². The maximum Gasteiger partial charge on any atom is 0.334 e. The van der Waals surface area contributed by atoms with Crippen molar-refractivity contribution in [1.29, 1.82) is 0 Å². The molecule has 0 aliphatic rings. The van der Waals surface area contributed by atoms with E-state index >= 15 is 0 Å². The summed E-state index contributed by atoms with van der Waals surface area (Å²) in [6.45, 7) is 1.84. The number of aryl methyl sites for hydroxylation is 1. The van der Waals surface area contributed by atoms with Crippen LogP contribution in [0, 0.1) is 0 Å². The molecule has 0 fully saturated rings. The highest BCUT2D eigenvalue weighted by Crippen LogP contribution is 2.28. The molecule has 6 heteroatoms. The average Bonchev–Trinajstić information content (AvgIpc) is 2.06. The monoisotopic (exact) mass is 237 g/mol. The zero-order chi connectivity index (χ0) is 10.9. The van der Waals surface area contributed by atoms with Gasteiger partial charge in [0.15, 0.2) is 0 Å². The third kappa shape index (κ3) is 2.16.